The van der Waals surface area contributed by atoms with Crippen LogP contribution >= 0.6 is 0 Å². The maximum atomic E-state index is 11.1. The molecule has 0 saturated heterocycles. The Balaban J connectivity index is 0. The van der Waals surface area contributed by atoms with Gasteiger partial charge < -0.3 is 39.4 Å². The van der Waals surface area contributed by atoms with Gasteiger partial charge in [-0.3, -0.25) is 0 Å². The molecule has 0 amide bonds. The van der Waals surface area contributed by atoms with E-state index in [0.29, 0.717) is 0 Å². The van der Waals surface area contributed by atoms with Crippen LogP contribution in [0, 0.1) is 0 Å². The van der Waals surface area contributed by atoms with E-state index in [-0.39, 0.29) is 13.2 Å². The first-order chi connectivity index (χ1) is 13.2. The van der Waals surface area contributed by atoms with E-state index < -0.39 is 49.3 Å². The summed E-state index contributed by atoms with van der Waals surface area (Å²) in [5.41, 5.74) is 0. The Bertz CT molecular complexity index is 494. The zero-order valence-corrected chi connectivity index (χ0v) is 15.3. The second-order valence-corrected chi connectivity index (χ2v) is 4.65. The number of hydrogen-bond acceptors (Lipinski definition) is 12. The second kappa shape index (κ2) is 17.6. The average Bonchev–Trinajstić information content (AvgIpc) is 2.72. The molecule has 0 atom stereocenters. The molecule has 0 aliphatic carbocycles. The molecule has 0 aromatic rings. The third-order valence-electron chi connectivity index (χ3n) is 2.37. The molecule has 0 fully saturated rings. The molecule has 0 saturated carbocycles. The van der Waals surface area contributed by atoms with Crippen LogP contribution in [0.4, 0.5) is 0 Å². The lowest BCUT2D eigenvalue weighted by atomic mass is 10.4. The molecule has 0 radical (unpaired) electrons. The monoisotopic (exact) mass is 408 g/mol. The average molecular weight is 408 g/mol. The standard InChI is InChI=1S/C13H16O9.C3H8O3/c1-19-10(15)3-5-12(17)21-7-9(14)8-22-13(18)6-4-11(16)20-2;4-1-3(6)2-5/h3-6,9,14H,7-8H2,1-2H3;3-6H,1-2H2/b5-3+,6-4+;. The van der Waals surface area contributed by atoms with Crippen LogP contribution in [0.5, 0.6) is 0 Å². The van der Waals surface area contributed by atoms with Gasteiger partial charge in [0.2, 0.25) is 0 Å². The molecular weight excluding hydrogens is 384 g/mol. The first-order valence-corrected chi connectivity index (χ1v) is 7.63. The van der Waals surface area contributed by atoms with Gasteiger partial charge >= 0.3 is 23.9 Å². The Labute approximate surface area is 160 Å². The molecule has 0 aliphatic rings. The Kier molecular flexibility index (Phi) is 17.2. The van der Waals surface area contributed by atoms with Crippen molar-refractivity contribution in [3.8, 4) is 0 Å². The summed E-state index contributed by atoms with van der Waals surface area (Å²) in [6, 6.07) is 0. The largest absolute Gasteiger partial charge is 0.466 e. The van der Waals surface area contributed by atoms with Crippen molar-refractivity contribution < 1.29 is 58.6 Å². The number of aliphatic hydroxyl groups excluding tert-OH is 4. The first-order valence-electron chi connectivity index (χ1n) is 7.63. The van der Waals surface area contributed by atoms with Crippen LogP contribution < -0.4 is 0 Å². The van der Waals surface area contributed by atoms with Gasteiger partial charge in [0.1, 0.15) is 25.4 Å². The van der Waals surface area contributed by atoms with Crippen molar-refractivity contribution in [3.05, 3.63) is 24.3 Å². The minimum Gasteiger partial charge on any atom is -0.466 e. The highest BCUT2D eigenvalue weighted by molar-refractivity contribution is 5.92. The fraction of sp³-hybridized carbons (Fsp3) is 0.500. The molecule has 0 heterocycles. The number of ether oxygens (including phenoxy) is 4. The van der Waals surface area contributed by atoms with E-state index in [2.05, 4.69) is 18.9 Å². The van der Waals surface area contributed by atoms with Crippen LogP contribution in [-0.4, -0.2) is 97.2 Å². The summed E-state index contributed by atoms with van der Waals surface area (Å²) in [5, 5.41) is 33.4. The topological polar surface area (TPSA) is 186 Å². The quantitative estimate of drug-likeness (QED) is 0.166. The number of methoxy groups -OCH3 is 2. The van der Waals surface area contributed by atoms with Gasteiger partial charge in [0.15, 0.2) is 0 Å². The summed E-state index contributed by atoms with van der Waals surface area (Å²) >= 11 is 0. The Hall–Kier alpha value is -2.80. The van der Waals surface area contributed by atoms with Crippen molar-refractivity contribution in [1.82, 2.24) is 0 Å². The zero-order chi connectivity index (χ0) is 21.9. The fourth-order valence-corrected chi connectivity index (χ4v) is 0.967. The molecule has 12 nitrogen and oxygen atoms in total. The number of carbonyl (C=O) groups excluding carboxylic acids is 4. The Morgan fingerprint density at radius 3 is 1.25 bits per heavy atom. The van der Waals surface area contributed by atoms with E-state index >= 15 is 0 Å². The first kappa shape index (κ1) is 27.4. The van der Waals surface area contributed by atoms with Crippen LogP contribution in [0.2, 0.25) is 0 Å². The molecule has 0 aliphatic heterocycles. The van der Waals surface area contributed by atoms with Gasteiger partial charge in [-0.25, -0.2) is 19.2 Å². The van der Waals surface area contributed by atoms with Gasteiger partial charge in [-0.2, -0.15) is 0 Å². The van der Waals surface area contributed by atoms with Crippen LogP contribution in [0.1, 0.15) is 0 Å². The van der Waals surface area contributed by atoms with E-state index in [0.717, 1.165) is 38.5 Å². The Morgan fingerprint density at radius 2 is 1.00 bits per heavy atom. The van der Waals surface area contributed by atoms with Crippen molar-refractivity contribution in [2.45, 2.75) is 12.2 Å². The van der Waals surface area contributed by atoms with Crippen molar-refractivity contribution in [3.63, 3.8) is 0 Å². The minimum absolute atomic E-state index is 0.365. The van der Waals surface area contributed by atoms with E-state index in [1.54, 1.807) is 0 Å². The zero-order valence-electron chi connectivity index (χ0n) is 15.3. The number of carbonyl (C=O) groups is 4. The number of rotatable bonds is 10. The van der Waals surface area contributed by atoms with Gasteiger partial charge in [0, 0.05) is 24.3 Å². The van der Waals surface area contributed by atoms with E-state index in [1.807, 2.05) is 0 Å². The highest BCUT2D eigenvalue weighted by Crippen LogP contribution is 1.92. The van der Waals surface area contributed by atoms with Crippen LogP contribution in [0.3, 0.4) is 0 Å². The molecule has 28 heavy (non-hydrogen) atoms. The third kappa shape index (κ3) is 18.0. The fourth-order valence-electron chi connectivity index (χ4n) is 0.967. The maximum absolute atomic E-state index is 11.1. The highest BCUT2D eigenvalue weighted by Gasteiger charge is 2.10. The summed E-state index contributed by atoms with van der Waals surface area (Å²) in [4.78, 5) is 43.6. The molecule has 0 spiro atoms. The minimum atomic E-state index is -1.26. The highest BCUT2D eigenvalue weighted by atomic mass is 16.6. The summed E-state index contributed by atoms with van der Waals surface area (Å²) in [5.74, 6) is -3.21. The van der Waals surface area contributed by atoms with E-state index in [1.165, 1.54) is 0 Å². The van der Waals surface area contributed by atoms with Gasteiger partial charge in [0.05, 0.1) is 27.4 Å². The molecule has 0 unspecified atom stereocenters. The van der Waals surface area contributed by atoms with E-state index in [4.69, 9.17) is 15.3 Å². The molecule has 0 bridgehead atoms. The van der Waals surface area contributed by atoms with Crippen LogP contribution in [0.15, 0.2) is 24.3 Å². The van der Waals surface area contributed by atoms with Crippen molar-refractivity contribution in [1.29, 1.82) is 0 Å². The predicted molar refractivity (Wildman–Crippen MR) is 90.4 cm³/mol. The lowest BCUT2D eigenvalue weighted by Gasteiger charge is -2.10. The van der Waals surface area contributed by atoms with Gasteiger partial charge in [-0.1, -0.05) is 0 Å². The molecular formula is C16H24O12. The summed E-state index contributed by atoms with van der Waals surface area (Å²) in [7, 11) is 2.29. The van der Waals surface area contributed by atoms with Crippen molar-refractivity contribution in [2.24, 2.45) is 0 Å². The SMILES string of the molecule is COC(=O)/C=C/C(=O)OCC(O)COC(=O)/C=C/C(=O)OC.OCC(O)CO. The molecule has 12 heteroatoms. The summed E-state index contributed by atoms with van der Waals surface area (Å²) in [6.45, 7) is -1.62. The van der Waals surface area contributed by atoms with E-state index in [9.17, 15) is 24.3 Å². The molecule has 0 aromatic carbocycles. The van der Waals surface area contributed by atoms with Gasteiger partial charge in [-0.15, -0.1) is 0 Å². The molecule has 0 aromatic heterocycles. The molecule has 0 rings (SSSR count). The lowest BCUT2D eigenvalue weighted by molar-refractivity contribution is -0.147. The van der Waals surface area contributed by atoms with Crippen LogP contribution in [0.25, 0.3) is 0 Å². The molecule has 4 N–H and O–H groups in total. The Morgan fingerprint density at radius 1 is 0.679 bits per heavy atom. The summed E-state index contributed by atoms with van der Waals surface area (Å²) in [6.07, 6.45) is 1.14. The number of hydrogen-bond donors (Lipinski definition) is 4. The summed E-state index contributed by atoms with van der Waals surface area (Å²) < 4.78 is 17.7. The molecule has 160 valence electrons. The normalized spacial score (nSPS) is 10.6. The smallest absolute Gasteiger partial charge is 0.331 e. The second-order valence-electron chi connectivity index (χ2n) is 4.65. The third-order valence-corrected chi connectivity index (χ3v) is 2.37. The van der Waals surface area contributed by atoms with Crippen molar-refractivity contribution >= 4 is 23.9 Å². The van der Waals surface area contributed by atoms with Gasteiger partial charge in [0.25, 0.3) is 0 Å². The predicted octanol–water partition coefficient (Wildman–Crippen LogP) is -2.78. The lowest BCUT2D eigenvalue weighted by Crippen LogP contribution is -2.24. The van der Waals surface area contributed by atoms with Crippen LogP contribution in [-0.2, 0) is 38.1 Å². The number of aliphatic hydroxyl groups is 4. The maximum Gasteiger partial charge on any atom is 0.331 e. The van der Waals surface area contributed by atoms with Crippen molar-refractivity contribution in [2.75, 3.05) is 40.6 Å². The number of esters is 4. The van der Waals surface area contributed by atoms with Gasteiger partial charge in [-0.05, 0) is 0 Å².